The summed E-state index contributed by atoms with van der Waals surface area (Å²) >= 11 is 0. The highest BCUT2D eigenvalue weighted by molar-refractivity contribution is 7.89. The molecule has 0 aliphatic carbocycles. The molecule has 8 heteroatoms. The van der Waals surface area contributed by atoms with Crippen molar-refractivity contribution in [3.8, 4) is 5.75 Å². The Kier molecular flexibility index (Phi) is 6.59. The molecule has 0 radical (unpaired) electrons. The van der Waals surface area contributed by atoms with Crippen LogP contribution in [-0.2, 0) is 19.6 Å². The Bertz CT molecular complexity index is 639. The SMILES string of the molecule is CCOc1ccc(S(=O)(=O)N[C@H](C)C(=O)NC[C@@H]2CCCO2)cc1. The quantitative estimate of drug-likeness (QED) is 0.726. The zero-order valence-corrected chi connectivity index (χ0v) is 14.8. The molecule has 1 fully saturated rings. The number of nitrogens with one attached hydrogen (secondary N) is 2. The summed E-state index contributed by atoms with van der Waals surface area (Å²) in [4.78, 5) is 12.1. The number of ether oxygens (including phenoxy) is 2. The molecule has 2 rings (SSSR count). The molecule has 0 saturated carbocycles. The number of carbonyl (C=O) groups is 1. The van der Waals surface area contributed by atoms with Crippen LogP contribution in [0.5, 0.6) is 5.75 Å². The van der Waals surface area contributed by atoms with Crippen LogP contribution in [-0.4, -0.2) is 46.2 Å². The Morgan fingerprint density at radius 2 is 2.08 bits per heavy atom. The van der Waals surface area contributed by atoms with Gasteiger partial charge in [-0.1, -0.05) is 0 Å². The summed E-state index contributed by atoms with van der Waals surface area (Å²) in [6, 6.07) is 5.19. The summed E-state index contributed by atoms with van der Waals surface area (Å²) in [5.74, 6) is 0.221. The summed E-state index contributed by atoms with van der Waals surface area (Å²) < 4.78 is 37.7. The van der Waals surface area contributed by atoms with Crippen molar-refractivity contribution in [2.75, 3.05) is 19.8 Å². The molecule has 7 nitrogen and oxygen atoms in total. The molecule has 0 spiro atoms. The summed E-state index contributed by atoms with van der Waals surface area (Å²) in [7, 11) is -3.77. The molecular weight excluding hydrogens is 332 g/mol. The Morgan fingerprint density at radius 1 is 1.38 bits per heavy atom. The maximum absolute atomic E-state index is 12.3. The first kappa shape index (κ1) is 18.7. The van der Waals surface area contributed by atoms with Gasteiger partial charge >= 0.3 is 0 Å². The van der Waals surface area contributed by atoms with E-state index in [0.29, 0.717) is 25.5 Å². The van der Waals surface area contributed by atoms with Gasteiger partial charge in [-0.3, -0.25) is 4.79 Å². The molecule has 1 aliphatic heterocycles. The number of hydrogen-bond acceptors (Lipinski definition) is 5. The van der Waals surface area contributed by atoms with Crippen molar-refractivity contribution in [2.24, 2.45) is 0 Å². The van der Waals surface area contributed by atoms with Crippen LogP contribution >= 0.6 is 0 Å². The van der Waals surface area contributed by atoms with Crippen LogP contribution in [0.1, 0.15) is 26.7 Å². The third-order valence-electron chi connectivity index (χ3n) is 3.70. The zero-order valence-electron chi connectivity index (χ0n) is 13.9. The Balaban J connectivity index is 1.90. The molecule has 2 N–H and O–H groups in total. The molecule has 1 saturated heterocycles. The number of carbonyl (C=O) groups excluding carboxylic acids is 1. The highest BCUT2D eigenvalue weighted by atomic mass is 32.2. The Hall–Kier alpha value is -1.64. The Labute approximate surface area is 142 Å². The number of hydrogen-bond donors (Lipinski definition) is 2. The fourth-order valence-corrected chi connectivity index (χ4v) is 3.61. The molecule has 24 heavy (non-hydrogen) atoms. The lowest BCUT2D eigenvalue weighted by Gasteiger charge is -2.16. The Morgan fingerprint density at radius 3 is 2.67 bits per heavy atom. The second-order valence-corrected chi connectivity index (χ2v) is 7.34. The van der Waals surface area contributed by atoms with E-state index in [-0.39, 0.29) is 16.9 Å². The first-order chi connectivity index (χ1) is 11.4. The molecule has 1 amide bonds. The highest BCUT2D eigenvalue weighted by Gasteiger charge is 2.23. The van der Waals surface area contributed by atoms with Gasteiger partial charge in [0.25, 0.3) is 0 Å². The predicted octanol–water partition coefficient (Wildman–Crippen LogP) is 1.05. The van der Waals surface area contributed by atoms with Crippen LogP contribution in [0.2, 0.25) is 0 Å². The molecule has 0 aromatic heterocycles. The van der Waals surface area contributed by atoms with Crippen LogP contribution < -0.4 is 14.8 Å². The number of sulfonamides is 1. The fraction of sp³-hybridized carbons (Fsp3) is 0.562. The molecule has 1 aromatic rings. The minimum absolute atomic E-state index is 0.0175. The first-order valence-corrected chi connectivity index (χ1v) is 9.55. The van der Waals surface area contributed by atoms with E-state index in [1.807, 2.05) is 6.92 Å². The van der Waals surface area contributed by atoms with E-state index in [4.69, 9.17) is 9.47 Å². The van der Waals surface area contributed by atoms with Crippen molar-refractivity contribution in [1.82, 2.24) is 10.0 Å². The lowest BCUT2D eigenvalue weighted by Crippen LogP contribution is -2.46. The summed E-state index contributed by atoms with van der Waals surface area (Å²) in [6.07, 6.45) is 1.91. The first-order valence-electron chi connectivity index (χ1n) is 8.07. The van der Waals surface area contributed by atoms with Gasteiger partial charge in [0.05, 0.1) is 23.6 Å². The van der Waals surface area contributed by atoms with Crippen molar-refractivity contribution in [3.05, 3.63) is 24.3 Å². The van der Waals surface area contributed by atoms with Crippen molar-refractivity contribution in [1.29, 1.82) is 0 Å². The van der Waals surface area contributed by atoms with Crippen molar-refractivity contribution in [3.63, 3.8) is 0 Å². The van der Waals surface area contributed by atoms with Gasteiger partial charge < -0.3 is 14.8 Å². The molecule has 2 atom stereocenters. The largest absolute Gasteiger partial charge is 0.494 e. The normalized spacial score (nSPS) is 19.0. The van der Waals surface area contributed by atoms with E-state index in [1.165, 1.54) is 19.1 Å². The van der Waals surface area contributed by atoms with Gasteiger partial charge in [0.2, 0.25) is 15.9 Å². The highest BCUT2D eigenvalue weighted by Crippen LogP contribution is 2.16. The van der Waals surface area contributed by atoms with E-state index < -0.39 is 16.1 Å². The maximum atomic E-state index is 12.3. The lowest BCUT2D eigenvalue weighted by atomic mass is 10.2. The van der Waals surface area contributed by atoms with Gasteiger partial charge in [-0.2, -0.15) is 4.72 Å². The summed E-state index contributed by atoms with van der Waals surface area (Å²) in [5.41, 5.74) is 0. The minimum Gasteiger partial charge on any atom is -0.494 e. The van der Waals surface area contributed by atoms with Gasteiger partial charge in [-0.05, 0) is 51.0 Å². The van der Waals surface area contributed by atoms with E-state index in [0.717, 1.165) is 12.8 Å². The van der Waals surface area contributed by atoms with E-state index in [1.54, 1.807) is 12.1 Å². The summed E-state index contributed by atoms with van der Waals surface area (Å²) in [6.45, 7) is 4.97. The number of rotatable bonds is 8. The van der Waals surface area contributed by atoms with Gasteiger partial charge in [0.1, 0.15) is 5.75 Å². The van der Waals surface area contributed by atoms with Crippen molar-refractivity contribution < 1.29 is 22.7 Å². The fourth-order valence-electron chi connectivity index (χ4n) is 2.41. The molecule has 134 valence electrons. The van der Waals surface area contributed by atoms with Gasteiger partial charge in [-0.25, -0.2) is 8.42 Å². The van der Waals surface area contributed by atoms with Gasteiger partial charge in [0, 0.05) is 13.2 Å². The monoisotopic (exact) mass is 356 g/mol. The molecular formula is C16H24N2O5S. The molecule has 1 heterocycles. The third-order valence-corrected chi connectivity index (χ3v) is 5.25. The molecule has 0 unspecified atom stereocenters. The van der Waals surface area contributed by atoms with Crippen LogP contribution in [0, 0.1) is 0 Å². The number of benzene rings is 1. The molecule has 0 bridgehead atoms. The predicted molar refractivity (Wildman–Crippen MR) is 89.4 cm³/mol. The average molecular weight is 356 g/mol. The topological polar surface area (TPSA) is 93.7 Å². The van der Waals surface area contributed by atoms with Crippen LogP contribution in [0.3, 0.4) is 0 Å². The second-order valence-electron chi connectivity index (χ2n) is 5.63. The zero-order chi connectivity index (χ0) is 17.6. The average Bonchev–Trinajstić information content (AvgIpc) is 3.06. The maximum Gasteiger partial charge on any atom is 0.241 e. The van der Waals surface area contributed by atoms with Crippen LogP contribution in [0.15, 0.2) is 29.2 Å². The van der Waals surface area contributed by atoms with Crippen LogP contribution in [0.25, 0.3) is 0 Å². The molecule has 1 aromatic carbocycles. The van der Waals surface area contributed by atoms with E-state index in [9.17, 15) is 13.2 Å². The molecule has 1 aliphatic rings. The smallest absolute Gasteiger partial charge is 0.241 e. The van der Waals surface area contributed by atoms with Gasteiger partial charge in [0.15, 0.2) is 0 Å². The van der Waals surface area contributed by atoms with Crippen molar-refractivity contribution >= 4 is 15.9 Å². The van der Waals surface area contributed by atoms with Gasteiger partial charge in [-0.15, -0.1) is 0 Å². The third kappa shape index (κ3) is 5.19. The number of amides is 1. The van der Waals surface area contributed by atoms with E-state index in [2.05, 4.69) is 10.0 Å². The van der Waals surface area contributed by atoms with E-state index >= 15 is 0 Å². The standard InChI is InChI=1S/C16H24N2O5S/c1-3-22-13-6-8-15(9-7-13)24(20,21)18-12(2)16(19)17-11-14-5-4-10-23-14/h6-9,12,14,18H,3-5,10-11H2,1-2H3,(H,17,19)/t12-,14+/m1/s1. The van der Waals surface area contributed by atoms with Crippen LogP contribution in [0.4, 0.5) is 0 Å². The lowest BCUT2D eigenvalue weighted by molar-refractivity contribution is -0.122. The summed E-state index contributed by atoms with van der Waals surface area (Å²) in [5, 5.41) is 2.71. The van der Waals surface area contributed by atoms with Crippen molar-refractivity contribution in [2.45, 2.75) is 43.7 Å². The minimum atomic E-state index is -3.77. The second kappa shape index (κ2) is 8.46.